The molecule has 0 aliphatic heterocycles. The summed E-state index contributed by atoms with van der Waals surface area (Å²) in [6, 6.07) is 0.274. The summed E-state index contributed by atoms with van der Waals surface area (Å²) in [6.45, 7) is 0. The molecule has 1 fully saturated rings. The van der Waals surface area contributed by atoms with Gasteiger partial charge < -0.3 is 15.8 Å². The van der Waals surface area contributed by atoms with Gasteiger partial charge in [-0.3, -0.25) is 0 Å². The van der Waals surface area contributed by atoms with Crippen LogP contribution in [0.25, 0.3) is 0 Å². The van der Waals surface area contributed by atoms with Crippen molar-refractivity contribution in [3.63, 3.8) is 0 Å². The van der Waals surface area contributed by atoms with E-state index in [-0.39, 0.29) is 17.9 Å². The van der Waals surface area contributed by atoms with Crippen molar-refractivity contribution < 1.29 is 4.92 Å². The summed E-state index contributed by atoms with van der Waals surface area (Å²) >= 11 is 0. The largest absolute Gasteiger partial charge is 0.410 e. The topological polar surface area (TPSA) is 99.9 Å². The lowest BCUT2D eigenvalue weighted by atomic mass is 9.92. The first-order valence-corrected chi connectivity index (χ1v) is 4.98. The third-order valence-electron chi connectivity index (χ3n) is 2.70. The maximum Gasteiger partial charge on any atom is 0.410 e. The minimum atomic E-state index is -0.535. The third-order valence-corrected chi connectivity index (χ3v) is 2.70. The van der Waals surface area contributed by atoms with Crippen molar-refractivity contribution in [1.29, 1.82) is 0 Å². The first-order chi connectivity index (χ1) is 7.16. The van der Waals surface area contributed by atoms with Crippen LogP contribution >= 0.6 is 0 Å². The molecule has 1 aliphatic carbocycles. The van der Waals surface area contributed by atoms with E-state index < -0.39 is 4.92 Å². The van der Waals surface area contributed by atoms with Crippen molar-refractivity contribution in [3.05, 3.63) is 16.3 Å². The molecule has 0 saturated heterocycles. The Morgan fingerprint density at radius 2 is 2.40 bits per heavy atom. The van der Waals surface area contributed by atoms with E-state index in [4.69, 9.17) is 5.73 Å². The molecule has 1 saturated carbocycles. The molecule has 0 amide bonds. The summed E-state index contributed by atoms with van der Waals surface area (Å²) in [7, 11) is 0. The highest BCUT2D eigenvalue weighted by Gasteiger charge is 2.25. The van der Waals surface area contributed by atoms with Crippen LogP contribution in [-0.4, -0.2) is 26.0 Å². The summed E-state index contributed by atoms with van der Waals surface area (Å²) in [4.78, 5) is 11.3. The standard InChI is InChI=1S/C8H13N5O2/c9-6-2-1-3-7(4-6)12-10-5-8(11-12)13(14)15/h5-7H,1-4,9H2. The van der Waals surface area contributed by atoms with Crippen molar-refractivity contribution >= 4 is 5.82 Å². The minimum Gasteiger partial charge on any atom is -0.358 e. The molecule has 7 heteroatoms. The highest BCUT2D eigenvalue weighted by atomic mass is 16.6. The second kappa shape index (κ2) is 3.93. The molecule has 1 aromatic heterocycles. The SMILES string of the molecule is NC1CCCC(n2ncc([N+](=O)[O-])n2)C1. The minimum absolute atomic E-state index is 0.113. The van der Waals surface area contributed by atoms with E-state index in [0.717, 1.165) is 25.7 Å². The number of nitrogens with two attached hydrogens (primary N) is 1. The van der Waals surface area contributed by atoms with E-state index in [1.165, 1.54) is 11.0 Å². The van der Waals surface area contributed by atoms with Gasteiger partial charge in [-0.2, -0.15) is 0 Å². The first-order valence-electron chi connectivity index (χ1n) is 4.98. The van der Waals surface area contributed by atoms with Gasteiger partial charge in [-0.05, 0) is 30.6 Å². The Labute approximate surface area is 86.4 Å². The van der Waals surface area contributed by atoms with E-state index in [0.29, 0.717) is 0 Å². The van der Waals surface area contributed by atoms with Gasteiger partial charge in [0.05, 0.1) is 11.1 Å². The van der Waals surface area contributed by atoms with Crippen LogP contribution < -0.4 is 5.73 Å². The number of hydrogen-bond donors (Lipinski definition) is 1. The van der Waals surface area contributed by atoms with Crippen molar-refractivity contribution in [3.8, 4) is 0 Å². The fourth-order valence-electron chi connectivity index (χ4n) is 1.94. The number of nitro groups is 1. The van der Waals surface area contributed by atoms with Crippen LogP contribution in [0.1, 0.15) is 31.7 Å². The van der Waals surface area contributed by atoms with E-state index in [1.807, 2.05) is 0 Å². The molecule has 82 valence electrons. The molecule has 2 atom stereocenters. The maximum absolute atomic E-state index is 10.4. The second-order valence-corrected chi connectivity index (χ2v) is 3.86. The summed E-state index contributed by atoms with van der Waals surface area (Å²) in [5.74, 6) is -0.200. The average Bonchev–Trinajstić information content (AvgIpc) is 2.66. The van der Waals surface area contributed by atoms with Gasteiger partial charge in [0.15, 0.2) is 6.20 Å². The lowest BCUT2D eigenvalue weighted by molar-refractivity contribution is -0.389. The quantitative estimate of drug-likeness (QED) is 0.571. The van der Waals surface area contributed by atoms with E-state index in [2.05, 4.69) is 10.2 Å². The van der Waals surface area contributed by atoms with Crippen molar-refractivity contribution in [1.82, 2.24) is 15.0 Å². The van der Waals surface area contributed by atoms with Crippen LogP contribution in [0.5, 0.6) is 0 Å². The molecule has 15 heavy (non-hydrogen) atoms. The zero-order chi connectivity index (χ0) is 10.8. The Morgan fingerprint density at radius 1 is 1.60 bits per heavy atom. The molecule has 2 rings (SSSR count). The molecule has 0 aromatic carbocycles. The van der Waals surface area contributed by atoms with Crippen LogP contribution in [0.3, 0.4) is 0 Å². The van der Waals surface area contributed by atoms with Crippen molar-refractivity contribution in [2.45, 2.75) is 37.8 Å². The second-order valence-electron chi connectivity index (χ2n) is 3.86. The smallest absolute Gasteiger partial charge is 0.358 e. The number of rotatable bonds is 2. The lowest BCUT2D eigenvalue weighted by Gasteiger charge is -2.23. The van der Waals surface area contributed by atoms with Gasteiger partial charge in [0.25, 0.3) is 0 Å². The van der Waals surface area contributed by atoms with Crippen LogP contribution in [0.4, 0.5) is 5.82 Å². The Balaban J connectivity index is 2.11. The molecule has 0 bridgehead atoms. The molecular weight excluding hydrogens is 198 g/mol. The summed E-state index contributed by atoms with van der Waals surface area (Å²) < 4.78 is 0. The molecular formula is C8H13N5O2. The molecule has 7 nitrogen and oxygen atoms in total. The number of nitrogens with zero attached hydrogens (tertiary/aromatic N) is 4. The maximum atomic E-state index is 10.4. The highest BCUT2D eigenvalue weighted by Crippen LogP contribution is 2.26. The molecule has 2 unspecified atom stereocenters. The third kappa shape index (κ3) is 2.12. The van der Waals surface area contributed by atoms with Gasteiger partial charge in [-0.25, -0.2) is 0 Å². The molecule has 1 aromatic rings. The van der Waals surface area contributed by atoms with Gasteiger partial charge in [0, 0.05) is 6.04 Å². The number of aromatic nitrogens is 3. The van der Waals surface area contributed by atoms with Gasteiger partial charge in [-0.1, -0.05) is 4.80 Å². The van der Waals surface area contributed by atoms with Gasteiger partial charge in [0.1, 0.15) is 0 Å². The summed E-state index contributed by atoms with van der Waals surface area (Å²) in [5, 5.41) is 18.1. The summed E-state index contributed by atoms with van der Waals surface area (Å²) in [5.41, 5.74) is 5.83. The fraction of sp³-hybridized carbons (Fsp3) is 0.750. The van der Waals surface area contributed by atoms with Gasteiger partial charge in [0.2, 0.25) is 0 Å². The predicted molar refractivity (Wildman–Crippen MR) is 52.2 cm³/mol. The molecule has 1 heterocycles. The van der Waals surface area contributed by atoms with Crippen LogP contribution in [-0.2, 0) is 0 Å². The zero-order valence-corrected chi connectivity index (χ0v) is 8.24. The lowest BCUT2D eigenvalue weighted by Crippen LogP contribution is -2.30. The molecule has 0 spiro atoms. The van der Waals surface area contributed by atoms with Gasteiger partial charge >= 0.3 is 5.82 Å². The van der Waals surface area contributed by atoms with E-state index in [1.54, 1.807) is 0 Å². The van der Waals surface area contributed by atoms with Crippen molar-refractivity contribution in [2.24, 2.45) is 5.73 Å². The fourth-order valence-corrected chi connectivity index (χ4v) is 1.94. The number of hydrogen-bond acceptors (Lipinski definition) is 5. The Morgan fingerprint density at radius 3 is 3.00 bits per heavy atom. The summed E-state index contributed by atoms with van der Waals surface area (Å²) in [6.07, 6.45) is 4.96. The Bertz CT molecular complexity index is 364. The molecule has 0 radical (unpaired) electrons. The Hall–Kier alpha value is -1.50. The molecule has 1 aliphatic rings. The Kier molecular flexibility index (Phi) is 2.63. The average molecular weight is 211 g/mol. The van der Waals surface area contributed by atoms with Gasteiger partial charge in [-0.15, -0.1) is 5.10 Å². The molecule has 2 N–H and O–H groups in total. The normalized spacial score (nSPS) is 26.5. The first kappa shape index (κ1) is 10.0. The van der Waals surface area contributed by atoms with Crippen LogP contribution in [0.2, 0.25) is 0 Å². The van der Waals surface area contributed by atoms with E-state index in [9.17, 15) is 10.1 Å². The van der Waals surface area contributed by atoms with Crippen LogP contribution in [0.15, 0.2) is 6.20 Å². The predicted octanol–water partition coefficient (Wildman–Crippen LogP) is 0.629. The highest BCUT2D eigenvalue weighted by molar-refractivity contribution is 5.08. The zero-order valence-electron chi connectivity index (χ0n) is 8.24. The van der Waals surface area contributed by atoms with Crippen LogP contribution in [0, 0.1) is 10.1 Å². The monoisotopic (exact) mass is 211 g/mol. The van der Waals surface area contributed by atoms with Crippen molar-refractivity contribution in [2.75, 3.05) is 0 Å². The van der Waals surface area contributed by atoms with E-state index >= 15 is 0 Å².